The van der Waals surface area contributed by atoms with Gasteiger partial charge in [0.25, 0.3) is 5.91 Å². The smallest absolute Gasteiger partial charge is 0.262 e. The van der Waals surface area contributed by atoms with E-state index in [1.54, 1.807) is 6.07 Å². The van der Waals surface area contributed by atoms with Gasteiger partial charge in [-0.1, -0.05) is 0 Å². The summed E-state index contributed by atoms with van der Waals surface area (Å²) >= 11 is 0. The van der Waals surface area contributed by atoms with Gasteiger partial charge in [-0.25, -0.2) is 8.42 Å². The first-order valence-corrected chi connectivity index (χ1v) is 8.09. The van der Waals surface area contributed by atoms with Crippen molar-refractivity contribution < 1.29 is 22.7 Å². The number of hydrogen-bond acceptors (Lipinski definition) is 5. The summed E-state index contributed by atoms with van der Waals surface area (Å²) in [6, 6.07) is 4.49. The van der Waals surface area contributed by atoms with Gasteiger partial charge in [0.05, 0.1) is 23.3 Å². The van der Waals surface area contributed by atoms with Gasteiger partial charge in [-0.2, -0.15) is 4.31 Å². The fraction of sp³-hybridized carbons (Fsp3) is 0.462. The standard InChI is InChI=1S/C13H16N2O5S/c1-9-7-15(4-5-19-9)21(17,18)10-2-3-12-11(6-10)14-13(16)8-20-12/h2-3,6,9H,4-5,7-8H2,1H3,(H,14,16)/t9-/m1/s1. The molecule has 21 heavy (non-hydrogen) atoms. The van der Waals surface area contributed by atoms with E-state index >= 15 is 0 Å². The Hall–Kier alpha value is -1.64. The average molecular weight is 312 g/mol. The highest BCUT2D eigenvalue weighted by molar-refractivity contribution is 7.89. The Kier molecular flexibility index (Phi) is 3.60. The third-order valence-electron chi connectivity index (χ3n) is 3.43. The van der Waals surface area contributed by atoms with Crippen LogP contribution in [-0.2, 0) is 19.6 Å². The normalized spacial score (nSPS) is 23.1. The molecule has 0 bridgehead atoms. The molecule has 3 rings (SSSR count). The Labute approximate surface area is 122 Å². The lowest BCUT2D eigenvalue weighted by molar-refractivity contribution is -0.118. The summed E-state index contributed by atoms with van der Waals surface area (Å²) in [6.45, 7) is 2.81. The van der Waals surface area contributed by atoms with Crippen molar-refractivity contribution in [1.29, 1.82) is 0 Å². The minimum absolute atomic E-state index is 0.0555. The Morgan fingerprint density at radius 1 is 1.38 bits per heavy atom. The molecule has 1 amide bonds. The van der Waals surface area contributed by atoms with Gasteiger partial charge >= 0.3 is 0 Å². The molecule has 1 aromatic rings. The molecule has 0 unspecified atom stereocenters. The fourth-order valence-corrected chi connectivity index (χ4v) is 3.90. The van der Waals surface area contributed by atoms with Crippen LogP contribution in [0.2, 0.25) is 0 Å². The van der Waals surface area contributed by atoms with Crippen molar-refractivity contribution in [3.63, 3.8) is 0 Å². The lowest BCUT2D eigenvalue weighted by atomic mass is 10.2. The van der Waals surface area contributed by atoms with Crippen molar-refractivity contribution >= 4 is 21.6 Å². The van der Waals surface area contributed by atoms with Crippen LogP contribution in [0, 0.1) is 0 Å². The van der Waals surface area contributed by atoms with Gasteiger partial charge in [0.15, 0.2) is 6.61 Å². The molecule has 0 saturated carbocycles. The van der Waals surface area contributed by atoms with E-state index in [9.17, 15) is 13.2 Å². The molecule has 1 saturated heterocycles. The van der Waals surface area contributed by atoms with Crippen LogP contribution >= 0.6 is 0 Å². The van der Waals surface area contributed by atoms with E-state index in [4.69, 9.17) is 9.47 Å². The summed E-state index contributed by atoms with van der Waals surface area (Å²) in [5.41, 5.74) is 0.383. The molecule has 0 radical (unpaired) electrons. The van der Waals surface area contributed by atoms with E-state index < -0.39 is 10.0 Å². The molecular weight excluding hydrogens is 296 g/mol. The fourth-order valence-electron chi connectivity index (χ4n) is 2.38. The number of anilines is 1. The molecule has 114 valence electrons. The molecule has 8 heteroatoms. The molecule has 0 spiro atoms. The van der Waals surface area contributed by atoms with E-state index in [1.165, 1.54) is 16.4 Å². The first-order valence-electron chi connectivity index (χ1n) is 6.65. The quantitative estimate of drug-likeness (QED) is 0.856. The Bertz CT molecular complexity index is 673. The summed E-state index contributed by atoms with van der Waals surface area (Å²) in [4.78, 5) is 11.5. The molecular formula is C13H16N2O5S. The van der Waals surface area contributed by atoms with Gasteiger partial charge in [0.1, 0.15) is 5.75 Å². The first kappa shape index (κ1) is 14.3. The first-order chi connectivity index (χ1) is 9.96. The van der Waals surface area contributed by atoms with Crippen LogP contribution in [0.1, 0.15) is 6.92 Å². The van der Waals surface area contributed by atoms with Gasteiger partial charge in [0, 0.05) is 13.1 Å². The number of ether oxygens (including phenoxy) is 2. The summed E-state index contributed by atoms with van der Waals surface area (Å²) < 4.78 is 37.2. The maximum Gasteiger partial charge on any atom is 0.262 e. The van der Waals surface area contributed by atoms with E-state index in [2.05, 4.69) is 5.32 Å². The lowest BCUT2D eigenvalue weighted by Crippen LogP contribution is -2.44. The van der Waals surface area contributed by atoms with Crippen LogP contribution in [0.15, 0.2) is 23.1 Å². The minimum atomic E-state index is -3.60. The maximum atomic E-state index is 12.6. The highest BCUT2D eigenvalue weighted by atomic mass is 32.2. The van der Waals surface area contributed by atoms with E-state index in [0.717, 1.165) is 0 Å². The van der Waals surface area contributed by atoms with E-state index in [0.29, 0.717) is 31.1 Å². The molecule has 1 N–H and O–H groups in total. The zero-order valence-corrected chi connectivity index (χ0v) is 12.4. The number of nitrogens with zero attached hydrogens (tertiary/aromatic N) is 1. The van der Waals surface area contributed by atoms with Crippen molar-refractivity contribution in [2.24, 2.45) is 0 Å². The van der Waals surface area contributed by atoms with Crippen LogP contribution in [0.4, 0.5) is 5.69 Å². The highest BCUT2D eigenvalue weighted by Gasteiger charge is 2.30. The molecule has 1 atom stereocenters. The number of carbonyl (C=O) groups excluding carboxylic acids is 1. The topological polar surface area (TPSA) is 84.9 Å². The van der Waals surface area contributed by atoms with Gasteiger partial charge < -0.3 is 14.8 Å². The van der Waals surface area contributed by atoms with Crippen molar-refractivity contribution in [1.82, 2.24) is 4.31 Å². The summed E-state index contributed by atoms with van der Waals surface area (Å²) in [6.07, 6.45) is -0.130. The monoisotopic (exact) mass is 312 g/mol. The predicted octanol–water partition coefficient (Wildman–Crippen LogP) is 0.427. The van der Waals surface area contributed by atoms with Gasteiger partial charge in [-0.3, -0.25) is 4.79 Å². The average Bonchev–Trinajstić information content (AvgIpc) is 2.46. The van der Waals surface area contributed by atoms with Gasteiger partial charge in [0.2, 0.25) is 10.0 Å². The molecule has 1 aromatic carbocycles. The SMILES string of the molecule is C[C@@H]1CN(S(=O)(=O)c2ccc3c(c2)NC(=O)CO3)CCO1. The zero-order chi connectivity index (χ0) is 15.0. The maximum absolute atomic E-state index is 12.6. The number of benzene rings is 1. The van der Waals surface area contributed by atoms with Crippen molar-refractivity contribution in [2.45, 2.75) is 17.9 Å². The number of hydrogen-bond donors (Lipinski definition) is 1. The Morgan fingerprint density at radius 2 is 2.19 bits per heavy atom. The van der Waals surface area contributed by atoms with Crippen LogP contribution in [0.25, 0.3) is 0 Å². The third-order valence-corrected chi connectivity index (χ3v) is 5.29. The number of nitrogens with one attached hydrogen (secondary N) is 1. The van der Waals surface area contributed by atoms with Crippen LogP contribution in [0.3, 0.4) is 0 Å². The molecule has 0 aromatic heterocycles. The molecule has 1 fully saturated rings. The van der Waals surface area contributed by atoms with Crippen molar-refractivity contribution in [3.05, 3.63) is 18.2 Å². The Balaban J connectivity index is 1.92. The zero-order valence-electron chi connectivity index (χ0n) is 11.5. The van der Waals surface area contributed by atoms with Crippen molar-refractivity contribution in [2.75, 3.05) is 31.6 Å². The van der Waals surface area contributed by atoms with E-state index in [-0.39, 0.29) is 23.5 Å². The number of carbonyl (C=O) groups is 1. The lowest BCUT2D eigenvalue weighted by Gasteiger charge is -2.30. The van der Waals surface area contributed by atoms with Crippen LogP contribution in [-0.4, -0.2) is 51.0 Å². The molecule has 0 aliphatic carbocycles. The summed E-state index contributed by atoms with van der Waals surface area (Å²) in [7, 11) is -3.60. The largest absolute Gasteiger partial charge is 0.482 e. The minimum Gasteiger partial charge on any atom is -0.482 e. The second-order valence-corrected chi connectivity index (χ2v) is 6.98. The number of sulfonamides is 1. The molecule has 2 heterocycles. The second kappa shape index (κ2) is 5.28. The predicted molar refractivity (Wildman–Crippen MR) is 74.7 cm³/mol. The van der Waals surface area contributed by atoms with Gasteiger partial charge in [-0.05, 0) is 25.1 Å². The number of morpholine rings is 1. The van der Waals surface area contributed by atoms with Crippen LogP contribution in [0.5, 0.6) is 5.75 Å². The molecule has 2 aliphatic rings. The number of fused-ring (bicyclic) bond motifs is 1. The third kappa shape index (κ3) is 2.74. The molecule has 2 aliphatic heterocycles. The molecule has 7 nitrogen and oxygen atoms in total. The van der Waals surface area contributed by atoms with Crippen molar-refractivity contribution in [3.8, 4) is 5.75 Å². The van der Waals surface area contributed by atoms with Crippen LogP contribution < -0.4 is 10.1 Å². The number of rotatable bonds is 2. The number of amides is 1. The second-order valence-electron chi connectivity index (χ2n) is 5.04. The summed E-state index contributed by atoms with van der Waals surface area (Å²) in [5.74, 6) is 0.181. The summed E-state index contributed by atoms with van der Waals surface area (Å²) in [5, 5.41) is 2.61. The Morgan fingerprint density at radius 3 is 2.95 bits per heavy atom. The van der Waals surface area contributed by atoms with Gasteiger partial charge in [-0.15, -0.1) is 0 Å². The highest BCUT2D eigenvalue weighted by Crippen LogP contribution is 2.31. The van der Waals surface area contributed by atoms with E-state index in [1.807, 2.05) is 6.92 Å².